The lowest BCUT2D eigenvalue weighted by Crippen LogP contribution is -2.29. The molecule has 1 aliphatic rings. The zero-order valence-electron chi connectivity index (χ0n) is 12.0. The molecule has 110 valence electrons. The maximum Gasteiger partial charge on any atom is 0.224 e. The van der Waals surface area contributed by atoms with Gasteiger partial charge in [0.15, 0.2) is 0 Å². The molecule has 1 aromatic rings. The van der Waals surface area contributed by atoms with E-state index in [-0.39, 0.29) is 12.5 Å². The van der Waals surface area contributed by atoms with Gasteiger partial charge in [0.2, 0.25) is 5.91 Å². The Balaban J connectivity index is 1.83. The van der Waals surface area contributed by atoms with E-state index in [2.05, 4.69) is 22.3 Å². The quantitative estimate of drug-likeness (QED) is 0.786. The van der Waals surface area contributed by atoms with Crippen molar-refractivity contribution in [2.24, 2.45) is 0 Å². The number of nitrogens with zero attached hydrogens (tertiary/aromatic N) is 1. The fourth-order valence-corrected chi connectivity index (χ4v) is 2.53. The molecule has 2 N–H and O–H groups in total. The molecule has 0 spiro atoms. The Morgan fingerprint density at radius 3 is 2.45 bits per heavy atom. The summed E-state index contributed by atoms with van der Waals surface area (Å²) in [6, 6.07) is 8.09. The molecule has 1 amide bonds. The second kappa shape index (κ2) is 7.90. The van der Waals surface area contributed by atoms with Gasteiger partial charge >= 0.3 is 0 Å². The number of benzene rings is 1. The minimum Gasteiger partial charge on any atom is -0.396 e. The monoisotopic (exact) mass is 276 g/mol. The van der Waals surface area contributed by atoms with Crippen LogP contribution in [0.4, 0.5) is 11.4 Å². The van der Waals surface area contributed by atoms with Gasteiger partial charge in [-0.2, -0.15) is 0 Å². The average Bonchev–Trinajstić information content (AvgIpc) is 2.49. The Bertz CT molecular complexity index is 411. The highest BCUT2D eigenvalue weighted by Crippen LogP contribution is 2.21. The molecule has 2 rings (SSSR count). The Morgan fingerprint density at radius 2 is 1.80 bits per heavy atom. The van der Waals surface area contributed by atoms with Gasteiger partial charge in [-0.05, 0) is 56.4 Å². The summed E-state index contributed by atoms with van der Waals surface area (Å²) in [5, 5.41) is 11.6. The fraction of sp³-hybridized carbons (Fsp3) is 0.562. The van der Waals surface area contributed by atoms with Gasteiger partial charge < -0.3 is 15.3 Å². The van der Waals surface area contributed by atoms with Crippen molar-refractivity contribution in [3.63, 3.8) is 0 Å². The minimum absolute atomic E-state index is 0.0178. The number of anilines is 2. The predicted molar refractivity (Wildman–Crippen MR) is 82.1 cm³/mol. The molecule has 0 aromatic heterocycles. The minimum atomic E-state index is 0.0178. The van der Waals surface area contributed by atoms with Gasteiger partial charge in [-0.3, -0.25) is 4.79 Å². The number of amides is 1. The lowest BCUT2D eigenvalue weighted by atomic mass is 10.1. The summed E-state index contributed by atoms with van der Waals surface area (Å²) >= 11 is 0. The number of nitrogens with one attached hydrogen (secondary N) is 1. The third kappa shape index (κ3) is 4.53. The molecule has 1 heterocycles. The van der Waals surface area contributed by atoms with E-state index in [0.29, 0.717) is 12.8 Å². The van der Waals surface area contributed by atoms with Gasteiger partial charge in [0.25, 0.3) is 0 Å². The van der Waals surface area contributed by atoms with E-state index in [4.69, 9.17) is 5.11 Å². The predicted octanol–water partition coefficient (Wildman–Crippen LogP) is 2.78. The van der Waals surface area contributed by atoms with Crippen molar-refractivity contribution in [2.45, 2.75) is 38.5 Å². The van der Waals surface area contributed by atoms with E-state index >= 15 is 0 Å². The summed E-state index contributed by atoms with van der Waals surface area (Å²) in [7, 11) is 0. The molecule has 1 saturated heterocycles. The molecular formula is C16H24N2O2. The summed E-state index contributed by atoms with van der Waals surface area (Å²) < 4.78 is 0. The van der Waals surface area contributed by atoms with Crippen molar-refractivity contribution in [3.8, 4) is 0 Å². The lowest BCUT2D eigenvalue weighted by Gasteiger charge is -2.28. The second-order valence-corrected chi connectivity index (χ2v) is 5.32. The van der Waals surface area contributed by atoms with E-state index in [1.54, 1.807) is 0 Å². The van der Waals surface area contributed by atoms with Crippen molar-refractivity contribution in [1.29, 1.82) is 0 Å². The zero-order valence-corrected chi connectivity index (χ0v) is 12.0. The molecule has 0 radical (unpaired) electrons. The van der Waals surface area contributed by atoms with Crippen LogP contribution in [0.1, 0.15) is 38.5 Å². The second-order valence-electron chi connectivity index (χ2n) is 5.32. The lowest BCUT2D eigenvalue weighted by molar-refractivity contribution is -0.116. The third-order valence-electron chi connectivity index (χ3n) is 3.68. The first-order valence-electron chi connectivity index (χ1n) is 7.55. The van der Waals surface area contributed by atoms with Crippen LogP contribution in [0, 0.1) is 0 Å². The molecule has 1 aromatic carbocycles. The van der Waals surface area contributed by atoms with E-state index in [1.807, 2.05) is 12.1 Å². The van der Waals surface area contributed by atoms with Crippen LogP contribution in [0.3, 0.4) is 0 Å². The molecule has 4 heteroatoms. The van der Waals surface area contributed by atoms with Crippen LogP contribution in [-0.2, 0) is 4.79 Å². The van der Waals surface area contributed by atoms with Gasteiger partial charge in [-0.1, -0.05) is 0 Å². The first-order valence-corrected chi connectivity index (χ1v) is 7.55. The number of piperidine rings is 1. The molecular weight excluding hydrogens is 252 g/mol. The fourth-order valence-electron chi connectivity index (χ4n) is 2.53. The van der Waals surface area contributed by atoms with Crippen LogP contribution in [0.25, 0.3) is 0 Å². The number of carbonyl (C=O) groups is 1. The van der Waals surface area contributed by atoms with E-state index in [1.165, 1.54) is 24.9 Å². The van der Waals surface area contributed by atoms with E-state index in [9.17, 15) is 4.79 Å². The summed E-state index contributed by atoms with van der Waals surface area (Å²) in [6.07, 6.45) is 5.75. The molecule has 0 atom stereocenters. The number of hydrogen-bond donors (Lipinski definition) is 2. The average molecular weight is 276 g/mol. The van der Waals surface area contributed by atoms with Crippen molar-refractivity contribution < 1.29 is 9.90 Å². The van der Waals surface area contributed by atoms with Crippen LogP contribution in [0.5, 0.6) is 0 Å². The Kier molecular flexibility index (Phi) is 5.87. The molecule has 0 unspecified atom stereocenters. The maximum atomic E-state index is 11.7. The molecule has 1 fully saturated rings. The number of rotatable bonds is 6. The normalized spacial score (nSPS) is 15.2. The van der Waals surface area contributed by atoms with Crippen LogP contribution in [0.2, 0.25) is 0 Å². The van der Waals surface area contributed by atoms with Gasteiger partial charge in [-0.15, -0.1) is 0 Å². The Labute approximate surface area is 120 Å². The van der Waals surface area contributed by atoms with Gasteiger partial charge in [0, 0.05) is 37.5 Å². The molecule has 0 saturated carbocycles. The van der Waals surface area contributed by atoms with Crippen LogP contribution in [0.15, 0.2) is 24.3 Å². The largest absolute Gasteiger partial charge is 0.396 e. The van der Waals surface area contributed by atoms with Gasteiger partial charge in [0.1, 0.15) is 0 Å². The number of carbonyl (C=O) groups excluding carboxylic acids is 1. The van der Waals surface area contributed by atoms with Crippen molar-refractivity contribution in [1.82, 2.24) is 0 Å². The Morgan fingerprint density at radius 1 is 1.10 bits per heavy atom. The van der Waals surface area contributed by atoms with Crippen molar-refractivity contribution in [2.75, 3.05) is 29.9 Å². The van der Waals surface area contributed by atoms with Crippen molar-refractivity contribution >= 4 is 17.3 Å². The summed E-state index contributed by atoms with van der Waals surface area (Å²) in [5.74, 6) is 0.0178. The summed E-state index contributed by atoms with van der Waals surface area (Å²) in [5.41, 5.74) is 2.09. The molecule has 0 bridgehead atoms. The third-order valence-corrected chi connectivity index (χ3v) is 3.68. The van der Waals surface area contributed by atoms with E-state index in [0.717, 1.165) is 25.2 Å². The standard InChI is InChI=1S/C16H24N2O2/c19-13-5-2-6-16(20)17-14-7-9-15(10-8-14)18-11-3-1-4-12-18/h7-10,19H,1-6,11-13H2,(H,17,20). The Hall–Kier alpha value is -1.55. The van der Waals surface area contributed by atoms with Crippen LogP contribution < -0.4 is 10.2 Å². The van der Waals surface area contributed by atoms with E-state index < -0.39 is 0 Å². The SMILES string of the molecule is O=C(CCCCO)Nc1ccc(N2CCCCC2)cc1. The summed E-state index contributed by atoms with van der Waals surface area (Å²) in [4.78, 5) is 14.1. The highest BCUT2D eigenvalue weighted by Gasteiger charge is 2.10. The molecule has 0 aliphatic carbocycles. The molecule has 1 aliphatic heterocycles. The molecule has 20 heavy (non-hydrogen) atoms. The first kappa shape index (κ1) is 14.9. The van der Waals surface area contributed by atoms with Gasteiger partial charge in [0.05, 0.1) is 0 Å². The highest BCUT2D eigenvalue weighted by atomic mass is 16.2. The van der Waals surface area contributed by atoms with Gasteiger partial charge in [-0.25, -0.2) is 0 Å². The van der Waals surface area contributed by atoms with Crippen LogP contribution in [-0.4, -0.2) is 30.7 Å². The number of unbranched alkanes of at least 4 members (excludes halogenated alkanes) is 1. The first-order chi connectivity index (χ1) is 9.79. The topological polar surface area (TPSA) is 52.6 Å². The smallest absolute Gasteiger partial charge is 0.224 e. The number of aliphatic hydroxyl groups excluding tert-OH is 1. The maximum absolute atomic E-state index is 11.7. The zero-order chi connectivity index (χ0) is 14.2. The molecule has 4 nitrogen and oxygen atoms in total. The summed E-state index contributed by atoms with van der Waals surface area (Å²) in [6.45, 7) is 2.41. The van der Waals surface area contributed by atoms with Crippen LogP contribution >= 0.6 is 0 Å². The number of aliphatic hydroxyl groups is 1. The number of hydrogen-bond acceptors (Lipinski definition) is 3. The highest BCUT2D eigenvalue weighted by molar-refractivity contribution is 5.90. The van der Waals surface area contributed by atoms with Crippen molar-refractivity contribution in [3.05, 3.63) is 24.3 Å².